The summed E-state index contributed by atoms with van der Waals surface area (Å²) in [5.74, 6) is -0.152. The number of hydrogen-bond acceptors (Lipinski definition) is 7. The number of ether oxygens (including phenoxy) is 1. The monoisotopic (exact) mass is 499 g/mol. The van der Waals surface area contributed by atoms with Gasteiger partial charge in [0.1, 0.15) is 0 Å². The number of carbonyl (C=O) groups is 2. The number of nitrogens with zero attached hydrogens (tertiary/aromatic N) is 3. The quantitative estimate of drug-likeness (QED) is 0.206. The summed E-state index contributed by atoms with van der Waals surface area (Å²) in [6, 6.07) is 8.64. The van der Waals surface area contributed by atoms with Crippen LogP contribution in [0.4, 0.5) is 10.6 Å². The molecule has 1 aromatic carbocycles. The molecular weight excluding hydrogens is 465 g/mol. The van der Waals surface area contributed by atoms with E-state index in [0.29, 0.717) is 25.7 Å². The first kappa shape index (κ1) is 27.5. The first-order valence-electron chi connectivity index (χ1n) is 12.8. The van der Waals surface area contributed by atoms with Gasteiger partial charge in [0.05, 0.1) is 0 Å². The van der Waals surface area contributed by atoms with Crippen molar-refractivity contribution in [2.45, 2.75) is 56.7 Å². The molecule has 0 saturated carbocycles. The summed E-state index contributed by atoms with van der Waals surface area (Å²) in [6.45, 7) is 4.63. The predicted molar refractivity (Wildman–Crippen MR) is 135 cm³/mol. The molecule has 3 heterocycles. The predicted octanol–water partition coefficient (Wildman–Crippen LogP) is -1.15. The maximum Gasteiger partial charge on any atom is 1.00 e. The van der Waals surface area contributed by atoms with Crippen LogP contribution < -0.4 is 40.1 Å². The molecule has 3 amide bonds. The summed E-state index contributed by atoms with van der Waals surface area (Å²) in [5.41, 5.74) is 2.63. The second-order valence-corrected chi connectivity index (χ2v) is 9.70. The van der Waals surface area contributed by atoms with E-state index in [1.165, 1.54) is 29.9 Å². The van der Waals surface area contributed by atoms with Crippen molar-refractivity contribution < 1.29 is 33.2 Å². The number of anilines is 1. The van der Waals surface area contributed by atoms with Crippen molar-refractivity contribution in [2.75, 3.05) is 31.6 Å². The van der Waals surface area contributed by atoms with E-state index in [2.05, 4.69) is 43.4 Å². The molecule has 2 aliphatic heterocycles. The van der Waals surface area contributed by atoms with Crippen molar-refractivity contribution in [3.05, 3.63) is 60.2 Å². The fourth-order valence-electron chi connectivity index (χ4n) is 5.15. The maximum absolute atomic E-state index is 13.0. The topological polar surface area (TPSA) is 121 Å². The zero-order valence-corrected chi connectivity index (χ0v) is 21.4. The smallest absolute Gasteiger partial charge is 0.536 e. The fraction of sp³-hybridized carbons (Fsp3) is 0.500. The van der Waals surface area contributed by atoms with Crippen LogP contribution in [0, 0.1) is 6.73 Å². The number of rotatable bonds is 8. The molecule has 37 heavy (non-hydrogen) atoms. The number of benzene rings is 1. The van der Waals surface area contributed by atoms with Crippen LogP contribution in [-0.4, -0.2) is 71.2 Å². The van der Waals surface area contributed by atoms with Gasteiger partial charge in [-0.2, -0.15) is 6.73 Å². The van der Waals surface area contributed by atoms with Crippen molar-refractivity contribution >= 4 is 17.8 Å². The molecule has 0 bridgehead atoms. The minimum absolute atomic E-state index is 0. The molecule has 0 spiro atoms. The Kier molecular flexibility index (Phi) is 9.94. The molecule has 1 atom stereocenters. The van der Waals surface area contributed by atoms with Gasteiger partial charge in [0.15, 0.2) is 11.5 Å². The normalized spacial score (nSPS) is 19.8. The Balaban J connectivity index is 0.00000320. The van der Waals surface area contributed by atoms with E-state index in [1.54, 1.807) is 11.6 Å². The number of aromatic nitrogens is 2. The Morgan fingerprint density at radius 3 is 2.49 bits per heavy atom. The van der Waals surface area contributed by atoms with Gasteiger partial charge in [0, 0.05) is 44.2 Å². The van der Waals surface area contributed by atoms with Crippen molar-refractivity contribution in [3.8, 4) is 0 Å². The molecule has 5 rings (SSSR count). The van der Waals surface area contributed by atoms with Crippen molar-refractivity contribution in [2.24, 2.45) is 0 Å². The molecule has 4 N–H and O–H groups in total. The molecule has 3 aliphatic rings. The molecule has 1 unspecified atom stereocenters. The third-order valence-corrected chi connectivity index (χ3v) is 7.15. The SMILES string of the molecule is O=C(NC1Cc2ccccc2C1)c1nccnc1NC(=O)N1CCC(N[CH-]OCC2CCCN2)CC1.[Li+]. The van der Waals surface area contributed by atoms with Gasteiger partial charge in [-0.25, -0.2) is 14.8 Å². The van der Waals surface area contributed by atoms with Gasteiger partial charge < -0.3 is 25.6 Å². The molecule has 2 aromatic rings. The second kappa shape index (κ2) is 13.4. The number of fused-ring (bicyclic) bond motifs is 1. The molecule has 1 aromatic heterocycles. The van der Waals surface area contributed by atoms with E-state index in [0.717, 1.165) is 38.6 Å². The summed E-state index contributed by atoms with van der Waals surface area (Å²) in [6.07, 6.45) is 8.50. The number of hydrogen-bond donors (Lipinski definition) is 4. The molecule has 192 valence electrons. The molecule has 11 heteroatoms. The number of urea groups is 1. The van der Waals surface area contributed by atoms with Gasteiger partial charge in [-0.15, -0.1) is 0 Å². The van der Waals surface area contributed by atoms with Crippen LogP contribution in [0.15, 0.2) is 36.7 Å². The minimum Gasteiger partial charge on any atom is -0.536 e. The number of amides is 3. The van der Waals surface area contributed by atoms with E-state index in [4.69, 9.17) is 4.74 Å². The first-order valence-corrected chi connectivity index (χ1v) is 12.8. The Labute approximate surface area is 229 Å². The van der Waals surface area contributed by atoms with Crippen LogP contribution in [0.1, 0.15) is 47.3 Å². The van der Waals surface area contributed by atoms with E-state index < -0.39 is 0 Å². The standard InChI is InChI=1S/C26H34N7O3.Li/c34-25(31-22-14-18-4-1-2-5-19(18)15-22)23-24(29-11-10-28-23)32-26(35)33-12-7-20(8-13-33)30-17-36-16-21-6-3-9-27-21;/h1-2,4-5,10-11,17,20-22,27,30H,3,6-9,12-16H2,(H,31,34)(H,29,32,35);/q-1;+1. The number of carbonyl (C=O) groups excluding carboxylic acids is 2. The molecule has 0 radical (unpaired) electrons. The van der Waals surface area contributed by atoms with Crippen molar-refractivity contribution in [1.82, 2.24) is 30.8 Å². The molecule has 2 fully saturated rings. The summed E-state index contributed by atoms with van der Waals surface area (Å²) in [4.78, 5) is 36.1. The third kappa shape index (κ3) is 7.30. The van der Waals surface area contributed by atoms with Crippen LogP contribution in [0.25, 0.3) is 0 Å². The van der Waals surface area contributed by atoms with Crippen molar-refractivity contribution in [1.29, 1.82) is 0 Å². The fourth-order valence-corrected chi connectivity index (χ4v) is 5.15. The number of likely N-dealkylation sites (tertiary alicyclic amines) is 1. The van der Waals surface area contributed by atoms with Crippen molar-refractivity contribution in [3.63, 3.8) is 0 Å². The summed E-state index contributed by atoms with van der Waals surface area (Å²) >= 11 is 0. The van der Waals surface area contributed by atoms with Crippen LogP contribution >= 0.6 is 0 Å². The number of piperidine rings is 1. The van der Waals surface area contributed by atoms with Gasteiger partial charge in [-0.1, -0.05) is 24.3 Å². The number of nitrogens with one attached hydrogen (secondary N) is 4. The van der Waals surface area contributed by atoms with Gasteiger partial charge in [-0.05, 0) is 62.2 Å². The Morgan fingerprint density at radius 2 is 1.78 bits per heavy atom. The van der Waals surface area contributed by atoms with Crippen LogP contribution in [0.5, 0.6) is 0 Å². The van der Waals surface area contributed by atoms with Gasteiger partial charge >= 0.3 is 24.9 Å². The summed E-state index contributed by atoms with van der Waals surface area (Å²) < 4.78 is 5.63. The summed E-state index contributed by atoms with van der Waals surface area (Å²) in [5, 5.41) is 12.6. The molecular formula is C26H34LiN7O3. The maximum atomic E-state index is 13.0. The van der Waals surface area contributed by atoms with Gasteiger partial charge in [0.2, 0.25) is 0 Å². The van der Waals surface area contributed by atoms with Gasteiger partial charge in [-0.3, -0.25) is 10.1 Å². The molecule has 2 saturated heterocycles. The van der Waals surface area contributed by atoms with Crippen LogP contribution in [0.2, 0.25) is 0 Å². The van der Waals surface area contributed by atoms with Crippen LogP contribution in [-0.2, 0) is 17.6 Å². The van der Waals surface area contributed by atoms with Gasteiger partial charge in [0.25, 0.3) is 5.91 Å². The third-order valence-electron chi connectivity index (χ3n) is 7.15. The van der Waals surface area contributed by atoms with E-state index >= 15 is 0 Å². The average molecular weight is 500 g/mol. The van der Waals surface area contributed by atoms with E-state index in [9.17, 15) is 9.59 Å². The minimum atomic E-state index is -0.331. The Hall–Kier alpha value is -2.48. The molecule has 10 nitrogen and oxygen atoms in total. The zero-order chi connectivity index (χ0) is 24.7. The molecule has 1 aliphatic carbocycles. The zero-order valence-electron chi connectivity index (χ0n) is 21.4. The Bertz CT molecular complexity index is 1030. The van der Waals surface area contributed by atoms with E-state index in [-0.39, 0.29) is 54.4 Å². The Morgan fingerprint density at radius 1 is 1.05 bits per heavy atom. The van der Waals surface area contributed by atoms with Crippen LogP contribution in [0.3, 0.4) is 0 Å². The second-order valence-electron chi connectivity index (χ2n) is 9.70. The van der Waals surface area contributed by atoms with E-state index in [1.807, 2.05) is 12.1 Å². The first-order chi connectivity index (χ1) is 17.7. The average Bonchev–Trinajstić information content (AvgIpc) is 3.56. The largest absolute Gasteiger partial charge is 1.00 e. The summed E-state index contributed by atoms with van der Waals surface area (Å²) in [7, 11) is 0.